The zero-order chi connectivity index (χ0) is 45.0. The van der Waals surface area contributed by atoms with Crippen molar-refractivity contribution in [1.82, 2.24) is 40.4 Å². The van der Waals surface area contributed by atoms with Crippen molar-refractivity contribution in [2.45, 2.75) is 97.8 Å². The molecular formula is C48H62N8O7. The summed E-state index contributed by atoms with van der Waals surface area (Å²) < 4.78 is 15.7. The van der Waals surface area contributed by atoms with Crippen molar-refractivity contribution in [2.24, 2.45) is 17.3 Å². The smallest absolute Gasteiger partial charge is 0.407 e. The lowest BCUT2D eigenvalue weighted by molar-refractivity contribution is -0.136. The van der Waals surface area contributed by atoms with Crippen molar-refractivity contribution >= 4 is 45.8 Å². The summed E-state index contributed by atoms with van der Waals surface area (Å²) in [5, 5.41) is 7.56. The van der Waals surface area contributed by atoms with Gasteiger partial charge in [-0.25, -0.2) is 19.6 Å². The summed E-state index contributed by atoms with van der Waals surface area (Å²) >= 11 is 0. The van der Waals surface area contributed by atoms with Gasteiger partial charge in [-0.3, -0.25) is 9.59 Å². The Kier molecular flexibility index (Phi) is 13.7. The van der Waals surface area contributed by atoms with Crippen LogP contribution in [0.1, 0.15) is 97.4 Å². The number of ether oxygens (including phenoxy) is 3. The maximum Gasteiger partial charge on any atom is 0.407 e. The van der Waals surface area contributed by atoms with Gasteiger partial charge in [0.25, 0.3) is 0 Å². The largest absolute Gasteiger partial charge is 0.453 e. The molecule has 2 fully saturated rings. The predicted octanol–water partition coefficient (Wildman–Crippen LogP) is 8.29. The molecule has 0 bridgehead atoms. The standard InChI is InChI=1S/C48H62N8O7/c1-9-10-22-63-27-48(6)24-38(56(26-48)45(58)40(29(4)5)54-47(60)62-8)42-49-25-36(51-42)31-15-13-30(14-16-31)32-17-19-34-33(23-32)18-20-35-41(34)52-43(50-35)37-12-11-21-55(37)44(57)39(28(2)3)53-46(59)61-7/h13-20,23,25,28-29,37-40H,9-12,21-22,24,26-27H2,1-8H3,(H,49,51)(H,50,52)(H,53,59)(H,54,60)/t37-,38-,39-,40-,48+/m0/s1. The van der Waals surface area contributed by atoms with Crippen LogP contribution in [0, 0.1) is 17.3 Å². The van der Waals surface area contributed by atoms with Crippen LogP contribution in [0.25, 0.3) is 44.2 Å². The Morgan fingerprint density at radius 3 is 2.13 bits per heavy atom. The lowest BCUT2D eigenvalue weighted by Gasteiger charge is -2.30. The number of likely N-dealkylation sites (tertiary alicyclic amines) is 2. The Bertz CT molecular complexity index is 2430. The molecule has 3 aromatic carbocycles. The Hall–Kier alpha value is -5.96. The van der Waals surface area contributed by atoms with Crippen molar-refractivity contribution in [1.29, 1.82) is 0 Å². The average Bonchev–Trinajstić information content (AvgIpc) is 4.11. The average molecular weight is 863 g/mol. The van der Waals surface area contributed by atoms with Gasteiger partial charge in [-0.2, -0.15) is 0 Å². The number of rotatable bonds is 15. The Labute approximate surface area is 369 Å². The van der Waals surface area contributed by atoms with Gasteiger partial charge < -0.3 is 44.6 Å². The molecule has 2 saturated heterocycles. The van der Waals surface area contributed by atoms with Crippen molar-refractivity contribution in [2.75, 3.05) is 40.5 Å². The number of nitrogens with zero attached hydrogens (tertiary/aromatic N) is 4. The minimum Gasteiger partial charge on any atom is -0.453 e. The number of hydrogen-bond donors (Lipinski definition) is 4. The highest BCUT2D eigenvalue weighted by Gasteiger charge is 2.47. The van der Waals surface area contributed by atoms with E-state index in [0.29, 0.717) is 38.5 Å². The second kappa shape index (κ2) is 19.2. The molecule has 2 aromatic heterocycles. The van der Waals surface area contributed by atoms with Gasteiger partial charge in [0, 0.05) is 30.5 Å². The molecule has 0 spiro atoms. The van der Waals surface area contributed by atoms with Gasteiger partial charge >= 0.3 is 12.2 Å². The zero-order valence-electron chi connectivity index (χ0n) is 37.7. The number of hydrogen-bond acceptors (Lipinski definition) is 9. The lowest BCUT2D eigenvalue weighted by Crippen LogP contribution is -2.51. The van der Waals surface area contributed by atoms with Crippen LogP contribution in [0.4, 0.5) is 9.59 Å². The number of carbonyl (C=O) groups excluding carboxylic acids is 4. The van der Waals surface area contributed by atoms with Crippen LogP contribution in [0.3, 0.4) is 0 Å². The highest BCUT2D eigenvalue weighted by Crippen LogP contribution is 2.44. The summed E-state index contributed by atoms with van der Waals surface area (Å²) in [4.78, 5) is 72.8. The van der Waals surface area contributed by atoms with Crippen LogP contribution in [-0.2, 0) is 23.8 Å². The fraction of sp³-hybridized carbons (Fsp3) is 0.500. The Morgan fingerprint density at radius 1 is 0.825 bits per heavy atom. The normalized spacial score (nSPS) is 19.8. The molecule has 0 aliphatic carbocycles. The predicted molar refractivity (Wildman–Crippen MR) is 242 cm³/mol. The molecule has 336 valence electrons. The number of alkyl carbamates (subject to hydrolysis) is 2. The van der Waals surface area contributed by atoms with E-state index in [1.54, 1.807) is 0 Å². The first-order valence-corrected chi connectivity index (χ1v) is 22.2. The van der Waals surface area contributed by atoms with E-state index < -0.39 is 24.3 Å². The van der Waals surface area contributed by atoms with Crippen molar-refractivity contribution < 1.29 is 33.4 Å². The number of nitrogens with one attached hydrogen (secondary N) is 4. The third-order valence-corrected chi connectivity index (χ3v) is 12.6. The van der Waals surface area contributed by atoms with Crippen LogP contribution in [0.5, 0.6) is 0 Å². The third kappa shape index (κ3) is 9.68. The molecule has 2 aliphatic heterocycles. The summed E-state index contributed by atoms with van der Waals surface area (Å²) in [5.41, 5.74) is 5.34. The van der Waals surface area contributed by atoms with Gasteiger partial charge in [0.1, 0.15) is 23.7 Å². The number of imidazole rings is 2. The highest BCUT2D eigenvalue weighted by atomic mass is 16.5. The number of methoxy groups -OCH3 is 2. The third-order valence-electron chi connectivity index (χ3n) is 12.6. The molecule has 0 unspecified atom stereocenters. The van der Waals surface area contributed by atoms with E-state index in [0.717, 1.165) is 75.7 Å². The van der Waals surface area contributed by atoms with E-state index >= 15 is 0 Å². The molecule has 0 saturated carbocycles. The van der Waals surface area contributed by atoms with E-state index in [-0.39, 0.29) is 41.1 Å². The number of benzene rings is 3. The molecule has 5 aromatic rings. The molecule has 4 heterocycles. The van der Waals surface area contributed by atoms with Crippen LogP contribution >= 0.6 is 0 Å². The van der Waals surface area contributed by atoms with E-state index in [2.05, 4.69) is 83.0 Å². The Morgan fingerprint density at radius 2 is 1.48 bits per heavy atom. The lowest BCUT2D eigenvalue weighted by atomic mass is 9.89. The quantitative estimate of drug-likeness (QED) is 0.0753. The summed E-state index contributed by atoms with van der Waals surface area (Å²) in [6.45, 7) is 14.1. The van der Waals surface area contributed by atoms with Gasteiger partial charge in [0.05, 0.1) is 55.8 Å². The van der Waals surface area contributed by atoms with Gasteiger partial charge in [0.2, 0.25) is 11.8 Å². The summed E-state index contributed by atoms with van der Waals surface area (Å²) in [7, 11) is 2.59. The fourth-order valence-electron chi connectivity index (χ4n) is 9.04. The van der Waals surface area contributed by atoms with Gasteiger partial charge in [-0.1, -0.05) is 90.4 Å². The van der Waals surface area contributed by atoms with E-state index in [4.69, 9.17) is 24.2 Å². The number of aromatic nitrogens is 4. The number of H-pyrrole nitrogens is 2. The van der Waals surface area contributed by atoms with Gasteiger partial charge in [0.15, 0.2) is 0 Å². The monoisotopic (exact) mass is 862 g/mol. The second-order valence-corrected chi connectivity index (χ2v) is 18.1. The SMILES string of the molecule is CCCCOC[C@]1(C)C[C@@H](c2ncc(-c3ccc(-c4ccc5c(ccc6nc([C@@H]7CCCN7C(=O)[C@@H](NC(=O)OC)C(C)C)[nH]c65)c4)cc3)[nH]2)N(C(=O)[C@@H](NC(=O)OC)C(C)C)C1. The molecule has 15 nitrogen and oxygen atoms in total. The summed E-state index contributed by atoms with van der Waals surface area (Å²) in [5.74, 6) is 0.824. The van der Waals surface area contributed by atoms with E-state index in [9.17, 15) is 19.2 Å². The molecule has 7 rings (SSSR count). The van der Waals surface area contributed by atoms with Crippen LogP contribution < -0.4 is 10.6 Å². The topological polar surface area (TPSA) is 184 Å². The van der Waals surface area contributed by atoms with Crippen molar-refractivity contribution in [3.05, 3.63) is 72.4 Å². The first-order valence-electron chi connectivity index (χ1n) is 22.2. The maximum atomic E-state index is 14.2. The van der Waals surface area contributed by atoms with Crippen molar-refractivity contribution in [3.8, 4) is 22.4 Å². The highest BCUT2D eigenvalue weighted by molar-refractivity contribution is 6.05. The number of unbranched alkanes of at least 4 members (excludes halogenated alkanes) is 1. The molecule has 15 heteroatoms. The molecule has 4 amide bonds. The molecule has 2 aliphatic rings. The number of carbonyl (C=O) groups is 4. The minimum atomic E-state index is -0.759. The first-order chi connectivity index (χ1) is 30.2. The zero-order valence-corrected chi connectivity index (χ0v) is 37.7. The molecular weight excluding hydrogens is 801 g/mol. The second-order valence-electron chi connectivity index (χ2n) is 18.1. The first kappa shape index (κ1) is 45.1. The number of aromatic amines is 2. The van der Waals surface area contributed by atoms with Crippen LogP contribution in [0.2, 0.25) is 0 Å². The number of fused-ring (bicyclic) bond motifs is 3. The fourth-order valence-corrected chi connectivity index (χ4v) is 9.04. The Balaban J connectivity index is 1.09. The van der Waals surface area contributed by atoms with E-state index in [1.807, 2.05) is 49.8 Å². The number of amides is 4. The molecule has 5 atom stereocenters. The molecule has 4 N–H and O–H groups in total. The van der Waals surface area contributed by atoms with Gasteiger partial charge in [-0.05, 0) is 71.7 Å². The van der Waals surface area contributed by atoms with E-state index in [1.165, 1.54) is 14.2 Å². The van der Waals surface area contributed by atoms with Crippen LogP contribution in [-0.4, -0.2) is 106 Å². The summed E-state index contributed by atoms with van der Waals surface area (Å²) in [6.07, 6.45) is 4.83. The van der Waals surface area contributed by atoms with Gasteiger partial charge in [-0.15, -0.1) is 0 Å². The minimum absolute atomic E-state index is 0.117. The molecule has 0 radical (unpaired) electrons. The van der Waals surface area contributed by atoms with Crippen molar-refractivity contribution in [3.63, 3.8) is 0 Å². The van der Waals surface area contributed by atoms with Crippen LogP contribution in [0.15, 0.2) is 60.8 Å². The summed E-state index contributed by atoms with van der Waals surface area (Å²) in [6, 6.07) is 16.8. The molecule has 63 heavy (non-hydrogen) atoms. The maximum absolute atomic E-state index is 14.2.